The maximum atomic E-state index is 13.5. The molecule has 3 aromatic carbocycles. The summed E-state index contributed by atoms with van der Waals surface area (Å²) in [5, 5.41) is 13.3. The molecule has 59 heavy (non-hydrogen) atoms. The van der Waals surface area contributed by atoms with E-state index in [1.807, 2.05) is 52.0 Å². The Morgan fingerprint density at radius 2 is 1.47 bits per heavy atom. The second-order valence-corrected chi connectivity index (χ2v) is 25.3. The molecular weight excluding hydrogens is 956 g/mol. The van der Waals surface area contributed by atoms with E-state index in [9.17, 15) is 23.1 Å². The van der Waals surface area contributed by atoms with E-state index in [-0.39, 0.29) is 55.3 Å². The molecule has 0 saturated heterocycles. The number of fused-ring (bicyclic) bond motifs is 2. The summed E-state index contributed by atoms with van der Waals surface area (Å²) in [6.07, 6.45) is 2.67. The smallest absolute Gasteiger partial charge is 0.394 e. The Hall–Kier alpha value is -3.10. The van der Waals surface area contributed by atoms with Crippen molar-refractivity contribution in [2.45, 2.75) is 139 Å². The minimum absolute atomic E-state index is 0. The first-order valence-electron chi connectivity index (χ1n) is 20.9. The van der Waals surface area contributed by atoms with Crippen LogP contribution in [0.4, 0.5) is 13.2 Å². The van der Waals surface area contributed by atoms with E-state index in [0.717, 1.165) is 63.5 Å². The van der Waals surface area contributed by atoms with Crippen LogP contribution in [0.1, 0.15) is 110 Å². The minimum atomic E-state index is -4.25. The van der Waals surface area contributed by atoms with E-state index < -0.39 is 19.7 Å². The van der Waals surface area contributed by atoms with Gasteiger partial charge in [-0.3, -0.25) is 9.78 Å². The predicted octanol–water partition coefficient (Wildman–Crippen LogP) is 15.6. The van der Waals surface area contributed by atoms with Gasteiger partial charge in [0.2, 0.25) is 0 Å². The van der Waals surface area contributed by atoms with E-state index in [2.05, 4.69) is 89.9 Å². The van der Waals surface area contributed by atoms with Gasteiger partial charge in [-0.1, -0.05) is 135 Å². The molecule has 2 heterocycles. The van der Waals surface area contributed by atoms with E-state index in [0.29, 0.717) is 5.56 Å². The molecule has 0 unspecified atom stereocenters. The fraction of sp³-hybridized carbons (Fsp3) is 0.480. The summed E-state index contributed by atoms with van der Waals surface area (Å²) >= 11 is 1.73. The number of allylic oxidation sites excluding steroid dienone is 2. The van der Waals surface area contributed by atoms with Crippen molar-refractivity contribution in [1.82, 2.24) is 4.98 Å². The standard InChI is InChI=1S/C37H41F3NSSi.C13H24O2.Ir/c1-23-31-28(22-43(7,8)9)21-41-32(27-18-26-12-10-11-13-29(26)30(19-27)35(2,3)4)34(31)42-33(23)25-16-14-24(15-17-25)20-36(5,6)37(38,39)40;1-5-10(6-2)12(14)9-13(15)11(7-3)8-4;/h10-17,19,21H,20,22H2,1-9H3;9-11,14H,5-8H2,1-4H3;/q-1;;/b;12-9-;. The first kappa shape index (κ1) is 50.3. The average molecular weight is 1020 g/mol. The van der Waals surface area contributed by atoms with Crippen molar-refractivity contribution in [2.75, 3.05) is 0 Å². The monoisotopic (exact) mass is 1020 g/mol. The predicted molar refractivity (Wildman–Crippen MR) is 245 cm³/mol. The van der Waals surface area contributed by atoms with Crippen LogP contribution in [0.15, 0.2) is 72.6 Å². The van der Waals surface area contributed by atoms with Crippen molar-refractivity contribution in [1.29, 1.82) is 0 Å². The first-order valence-corrected chi connectivity index (χ1v) is 25.5. The van der Waals surface area contributed by atoms with Crippen molar-refractivity contribution in [3.8, 4) is 21.7 Å². The number of alkyl halides is 3. The molecule has 0 amide bonds. The van der Waals surface area contributed by atoms with Gasteiger partial charge >= 0.3 is 6.18 Å². The van der Waals surface area contributed by atoms with Crippen molar-refractivity contribution >= 4 is 46.1 Å². The Morgan fingerprint density at radius 3 is 2.00 bits per heavy atom. The molecule has 5 rings (SSSR count). The molecule has 0 fully saturated rings. The Kier molecular flexibility index (Phi) is 17.2. The van der Waals surface area contributed by atoms with Crippen molar-refractivity contribution < 1.29 is 43.2 Å². The number of ketones is 1. The van der Waals surface area contributed by atoms with E-state index >= 15 is 0 Å². The van der Waals surface area contributed by atoms with Gasteiger partial charge in [-0.25, -0.2) is 0 Å². The van der Waals surface area contributed by atoms with Crippen LogP contribution in [0.3, 0.4) is 0 Å². The van der Waals surface area contributed by atoms with Crippen LogP contribution in [0, 0.1) is 30.2 Å². The number of hydrogen-bond acceptors (Lipinski definition) is 4. The number of thiophene rings is 1. The van der Waals surface area contributed by atoms with Crippen molar-refractivity contribution in [3.63, 3.8) is 0 Å². The van der Waals surface area contributed by atoms with E-state index in [1.54, 1.807) is 11.3 Å². The molecule has 0 aliphatic rings. The van der Waals surface area contributed by atoms with Gasteiger partial charge in [0.25, 0.3) is 0 Å². The average Bonchev–Trinajstić information content (AvgIpc) is 3.48. The van der Waals surface area contributed by atoms with Crippen molar-refractivity contribution in [2.24, 2.45) is 17.3 Å². The third kappa shape index (κ3) is 12.3. The van der Waals surface area contributed by atoms with Crippen LogP contribution in [0.25, 0.3) is 42.6 Å². The number of pyridine rings is 1. The fourth-order valence-corrected chi connectivity index (χ4v) is 10.4. The zero-order valence-electron chi connectivity index (χ0n) is 37.4. The number of hydrogen-bond donors (Lipinski definition) is 1. The molecule has 0 atom stereocenters. The fourth-order valence-electron chi connectivity index (χ4n) is 7.65. The molecule has 0 bridgehead atoms. The number of nitrogens with zero attached hydrogens (tertiary/aromatic N) is 1. The van der Waals surface area contributed by atoms with Gasteiger partial charge in [0.1, 0.15) is 0 Å². The summed E-state index contributed by atoms with van der Waals surface area (Å²) in [6.45, 7) is 26.6. The molecule has 5 aromatic rings. The Morgan fingerprint density at radius 1 is 0.898 bits per heavy atom. The second kappa shape index (κ2) is 20.2. The quantitative estimate of drug-likeness (QED) is 0.0553. The summed E-state index contributed by atoms with van der Waals surface area (Å²) < 4.78 is 41.8. The first-order chi connectivity index (χ1) is 27.0. The summed E-state index contributed by atoms with van der Waals surface area (Å²) in [7, 11) is -1.46. The molecular formula is C50H65F3IrNO2SSi-. The number of aliphatic hydroxyl groups excluding tert-OH is 1. The molecule has 0 aliphatic carbocycles. The third-order valence-electron chi connectivity index (χ3n) is 11.3. The van der Waals surface area contributed by atoms with E-state index in [4.69, 9.17) is 4.98 Å². The van der Waals surface area contributed by atoms with Gasteiger partial charge in [-0.05, 0) is 78.1 Å². The van der Waals surface area contributed by atoms with Gasteiger partial charge in [-0.2, -0.15) is 13.2 Å². The molecule has 3 nitrogen and oxygen atoms in total. The summed E-state index contributed by atoms with van der Waals surface area (Å²) in [5.41, 5.74) is 5.55. The summed E-state index contributed by atoms with van der Waals surface area (Å²) in [6, 6.07) is 23.0. The number of aliphatic hydroxyl groups is 1. The van der Waals surface area contributed by atoms with Crippen LogP contribution >= 0.6 is 11.3 Å². The second-order valence-electron chi connectivity index (χ2n) is 18.8. The minimum Gasteiger partial charge on any atom is -0.512 e. The molecule has 0 spiro atoms. The Labute approximate surface area is 370 Å². The molecule has 323 valence electrons. The number of benzene rings is 3. The van der Waals surface area contributed by atoms with Crippen LogP contribution in [0.5, 0.6) is 0 Å². The number of rotatable bonds is 13. The largest absolute Gasteiger partial charge is 0.512 e. The maximum absolute atomic E-state index is 13.5. The molecule has 0 aliphatic heterocycles. The Balaban J connectivity index is 0.000000496. The van der Waals surface area contributed by atoms with Gasteiger partial charge in [0.05, 0.1) is 11.2 Å². The molecule has 1 radical (unpaired) electrons. The SMILES string of the molecule is CCC(CC)C(=O)/C=C(\O)C(CC)CC.Cc1c(-c2ccc(CC(C)(C)C(F)(F)F)cc2)sc2c(-c3[c-]c4ccccc4c(C(C)(C)C)c3)ncc(C[Si](C)(C)C)c12.[Ir]. The number of carbonyl (C=O) groups excluding carboxylic acids is 1. The van der Waals surface area contributed by atoms with Gasteiger partial charge in [0.15, 0.2) is 5.78 Å². The van der Waals surface area contributed by atoms with Gasteiger partial charge in [0, 0.05) is 67.6 Å². The molecule has 9 heteroatoms. The van der Waals surface area contributed by atoms with Crippen LogP contribution < -0.4 is 0 Å². The van der Waals surface area contributed by atoms with Gasteiger partial charge in [-0.15, -0.1) is 40.5 Å². The number of halogens is 3. The van der Waals surface area contributed by atoms with E-state index in [1.165, 1.54) is 47.4 Å². The number of aromatic nitrogens is 1. The topological polar surface area (TPSA) is 50.2 Å². The summed E-state index contributed by atoms with van der Waals surface area (Å²) in [5.74, 6) is 0.547. The van der Waals surface area contributed by atoms with Crippen LogP contribution in [-0.2, 0) is 42.8 Å². The zero-order valence-corrected chi connectivity index (χ0v) is 41.6. The van der Waals surface area contributed by atoms with Gasteiger partial charge < -0.3 is 5.11 Å². The normalized spacial score (nSPS) is 12.9. The van der Waals surface area contributed by atoms with Crippen LogP contribution in [-0.4, -0.2) is 30.1 Å². The molecule has 2 aromatic heterocycles. The zero-order chi connectivity index (χ0) is 43.4. The maximum Gasteiger partial charge on any atom is 0.394 e. The number of carbonyl (C=O) groups is 1. The van der Waals surface area contributed by atoms with Crippen molar-refractivity contribution in [3.05, 3.63) is 101 Å². The molecule has 0 saturated carbocycles. The van der Waals surface area contributed by atoms with Crippen LogP contribution in [0.2, 0.25) is 19.6 Å². The number of aryl methyl sites for hydroxylation is 1. The Bertz CT molecular complexity index is 2220. The molecule has 1 N–H and O–H groups in total. The summed E-state index contributed by atoms with van der Waals surface area (Å²) in [4.78, 5) is 18.0. The third-order valence-corrected chi connectivity index (χ3v) is 14.1.